The van der Waals surface area contributed by atoms with E-state index in [2.05, 4.69) is 5.32 Å². The van der Waals surface area contributed by atoms with Gasteiger partial charge < -0.3 is 20.1 Å². The molecular formula is C25H23F3N2O5. The molecule has 3 fully saturated rings. The number of rotatable bonds is 6. The molecule has 2 N–H and O–H groups in total. The van der Waals surface area contributed by atoms with Crippen molar-refractivity contribution >= 4 is 18.0 Å². The molecule has 2 aromatic rings. The van der Waals surface area contributed by atoms with E-state index >= 15 is 0 Å². The molecule has 10 heteroatoms. The minimum Gasteiger partial charge on any atom is -0.481 e. The van der Waals surface area contributed by atoms with Crippen LogP contribution in [0.5, 0.6) is 0 Å². The summed E-state index contributed by atoms with van der Waals surface area (Å²) in [5.74, 6) is -6.21. The molecule has 2 amide bonds. The van der Waals surface area contributed by atoms with Crippen LogP contribution in [0, 0.1) is 17.8 Å². The van der Waals surface area contributed by atoms with Gasteiger partial charge in [0.05, 0.1) is 5.92 Å². The minimum absolute atomic E-state index is 0.0159. The number of ether oxygens (including phenoxy) is 1. The van der Waals surface area contributed by atoms with E-state index in [1.54, 1.807) is 0 Å². The molecule has 0 aromatic heterocycles. The van der Waals surface area contributed by atoms with Crippen LogP contribution in [0.15, 0.2) is 48.5 Å². The average molecular weight is 488 g/mol. The number of benzene rings is 2. The third-order valence-electron chi connectivity index (χ3n) is 7.35. The molecule has 7 nitrogen and oxygen atoms in total. The van der Waals surface area contributed by atoms with Crippen molar-refractivity contribution in [2.24, 2.45) is 17.8 Å². The van der Waals surface area contributed by atoms with Crippen LogP contribution in [0.3, 0.4) is 0 Å². The van der Waals surface area contributed by atoms with Gasteiger partial charge in [0.1, 0.15) is 6.61 Å². The predicted molar refractivity (Wildman–Crippen MR) is 117 cm³/mol. The molecular weight excluding hydrogens is 465 g/mol. The van der Waals surface area contributed by atoms with E-state index in [1.165, 1.54) is 0 Å². The first-order chi connectivity index (χ1) is 16.7. The smallest absolute Gasteiger partial charge is 0.407 e. The number of amides is 2. The Balaban J connectivity index is 1.21. The van der Waals surface area contributed by atoms with Crippen LogP contribution in [0.1, 0.15) is 23.5 Å². The third kappa shape index (κ3) is 4.00. The fourth-order valence-corrected chi connectivity index (χ4v) is 5.62. The molecule has 1 saturated carbocycles. The largest absolute Gasteiger partial charge is 0.481 e. The van der Waals surface area contributed by atoms with Crippen molar-refractivity contribution in [2.75, 3.05) is 19.7 Å². The second-order valence-electron chi connectivity index (χ2n) is 9.22. The van der Waals surface area contributed by atoms with Gasteiger partial charge in [-0.05, 0) is 34.6 Å². The number of aliphatic carboxylic acids is 1. The molecule has 2 aliphatic carbocycles. The van der Waals surface area contributed by atoms with Crippen LogP contribution in [0.25, 0.3) is 11.1 Å². The molecule has 184 valence electrons. The number of nitrogens with one attached hydrogen (secondary N) is 1. The van der Waals surface area contributed by atoms with Gasteiger partial charge in [0.2, 0.25) is 5.91 Å². The zero-order chi connectivity index (χ0) is 24.9. The van der Waals surface area contributed by atoms with Gasteiger partial charge in [-0.3, -0.25) is 9.59 Å². The summed E-state index contributed by atoms with van der Waals surface area (Å²) >= 11 is 0. The number of carboxylic acid groups (broad SMARTS) is 1. The van der Waals surface area contributed by atoms with E-state index < -0.39 is 48.6 Å². The van der Waals surface area contributed by atoms with E-state index in [1.807, 2.05) is 48.5 Å². The Bertz CT molecular complexity index is 1140. The zero-order valence-electron chi connectivity index (χ0n) is 18.5. The van der Waals surface area contributed by atoms with Gasteiger partial charge in [-0.15, -0.1) is 0 Å². The summed E-state index contributed by atoms with van der Waals surface area (Å²) in [7, 11) is 0. The molecule has 2 aliphatic heterocycles. The second-order valence-corrected chi connectivity index (χ2v) is 9.22. The quantitative estimate of drug-likeness (QED) is 0.648. The van der Waals surface area contributed by atoms with Gasteiger partial charge in [-0.1, -0.05) is 48.5 Å². The maximum Gasteiger partial charge on any atom is 0.407 e. The second kappa shape index (κ2) is 8.58. The highest BCUT2D eigenvalue weighted by Crippen LogP contribution is 2.48. The first-order valence-corrected chi connectivity index (χ1v) is 11.4. The highest BCUT2D eigenvalue weighted by atomic mass is 19.4. The molecule has 6 rings (SSSR count). The SMILES string of the molecule is O=C(NCC(C(=O)N1CC2CC1C2C(=O)O)C(F)(F)F)OCC1c2ccccc2-c2ccccc21. The zero-order valence-corrected chi connectivity index (χ0v) is 18.5. The summed E-state index contributed by atoms with van der Waals surface area (Å²) in [5.41, 5.74) is 3.96. The number of alkyl halides is 3. The fourth-order valence-electron chi connectivity index (χ4n) is 5.62. The van der Waals surface area contributed by atoms with E-state index in [4.69, 9.17) is 4.74 Å². The number of carbonyl (C=O) groups is 3. The first-order valence-electron chi connectivity index (χ1n) is 11.4. The van der Waals surface area contributed by atoms with E-state index in [0.29, 0.717) is 6.42 Å². The average Bonchev–Trinajstić information content (AvgIpc) is 3.47. The molecule has 4 atom stereocenters. The molecule has 0 spiro atoms. The number of carboxylic acids is 1. The fraction of sp³-hybridized carbons (Fsp3) is 0.400. The minimum atomic E-state index is -4.90. The van der Waals surface area contributed by atoms with Gasteiger partial charge in [0, 0.05) is 25.0 Å². The standard InChI is InChI=1S/C25H23F3N2O5/c26-25(27,28)19(22(31)30-11-13-9-20(30)21(13)23(32)33)10-29-24(34)35-12-18-16-7-3-1-5-14(16)15-6-2-4-8-17(15)18/h1-8,13,18-21H,9-12H2,(H,29,34)(H,32,33). The third-order valence-corrected chi connectivity index (χ3v) is 7.35. The number of alkyl carbamates (subject to hydrolysis) is 1. The van der Waals surface area contributed by atoms with Gasteiger partial charge in [0.25, 0.3) is 0 Å². The number of halogens is 3. The van der Waals surface area contributed by atoms with Crippen molar-refractivity contribution < 1.29 is 37.4 Å². The van der Waals surface area contributed by atoms with Gasteiger partial charge in [-0.25, -0.2) is 4.79 Å². The normalized spacial score (nSPS) is 23.2. The lowest BCUT2D eigenvalue weighted by molar-refractivity contribution is -0.188. The van der Waals surface area contributed by atoms with Crippen LogP contribution in [0.4, 0.5) is 18.0 Å². The van der Waals surface area contributed by atoms with Crippen molar-refractivity contribution in [1.82, 2.24) is 10.2 Å². The molecule has 2 bridgehead atoms. The first kappa shape index (κ1) is 23.2. The molecule has 2 saturated heterocycles. The Labute approximate surface area is 198 Å². The molecule has 4 unspecified atom stereocenters. The van der Waals surface area contributed by atoms with Crippen molar-refractivity contribution in [2.45, 2.75) is 24.6 Å². The number of hydrogen-bond acceptors (Lipinski definition) is 4. The number of carbonyl (C=O) groups excluding carboxylic acids is 2. The summed E-state index contributed by atoms with van der Waals surface area (Å²) in [6.45, 7) is -1.07. The van der Waals surface area contributed by atoms with Crippen LogP contribution in [-0.2, 0) is 14.3 Å². The van der Waals surface area contributed by atoms with Crippen molar-refractivity contribution in [3.8, 4) is 11.1 Å². The molecule has 35 heavy (non-hydrogen) atoms. The lowest BCUT2D eigenvalue weighted by Gasteiger charge is -2.34. The summed E-state index contributed by atoms with van der Waals surface area (Å²) < 4.78 is 46.3. The Morgan fingerprint density at radius 2 is 1.66 bits per heavy atom. The molecule has 2 heterocycles. The lowest BCUT2D eigenvalue weighted by Crippen LogP contribution is -2.51. The van der Waals surface area contributed by atoms with Crippen LogP contribution >= 0.6 is 0 Å². The van der Waals surface area contributed by atoms with Crippen LogP contribution < -0.4 is 5.32 Å². The molecule has 4 aliphatic rings. The van der Waals surface area contributed by atoms with Crippen LogP contribution in [0.2, 0.25) is 0 Å². The number of nitrogens with zero attached hydrogens (tertiary/aromatic N) is 1. The number of hydrogen-bond donors (Lipinski definition) is 2. The Morgan fingerprint density at radius 3 is 2.20 bits per heavy atom. The van der Waals surface area contributed by atoms with Gasteiger partial charge in [-0.2, -0.15) is 13.2 Å². The van der Waals surface area contributed by atoms with Crippen molar-refractivity contribution in [1.29, 1.82) is 0 Å². The summed E-state index contributed by atoms with van der Waals surface area (Å²) in [6, 6.07) is 14.6. The van der Waals surface area contributed by atoms with E-state index in [-0.39, 0.29) is 25.0 Å². The lowest BCUT2D eigenvalue weighted by atomic mass is 9.74. The summed E-state index contributed by atoms with van der Waals surface area (Å²) in [5, 5.41) is 11.3. The van der Waals surface area contributed by atoms with Crippen molar-refractivity contribution in [3.63, 3.8) is 0 Å². The molecule has 0 radical (unpaired) electrons. The van der Waals surface area contributed by atoms with Gasteiger partial charge >= 0.3 is 18.2 Å². The Hall–Kier alpha value is -3.56. The maximum absolute atomic E-state index is 13.7. The predicted octanol–water partition coefficient (Wildman–Crippen LogP) is 3.64. The van der Waals surface area contributed by atoms with Gasteiger partial charge in [0.15, 0.2) is 5.92 Å². The Kier molecular flexibility index (Phi) is 5.69. The highest BCUT2D eigenvalue weighted by Gasteiger charge is 2.59. The van der Waals surface area contributed by atoms with Crippen molar-refractivity contribution in [3.05, 3.63) is 59.7 Å². The Morgan fingerprint density at radius 1 is 1.06 bits per heavy atom. The maximum atomic E-state index is 13.7. The molecule has 2 aromatic carbocycles. The summed E-state index contributed by atoms with van der Waals surface area (Å²) in [6.07, 6.45) is -5.57. The summed E-state index contributed by atoms with van der Waals surface area (Å²) in [4.78, 5) is 37.3. The monoisotopic (exact) mass is 488 g/mol. The highest BCUT2D eigenvalue weighted by molar-refractivity contribution is 5.84. The van der Waals surface area contributed by atoms with Crippen LogP contribution in [-0.4, -0.2) is 59.9 Å². The van der Waals surface area contributed by atoms with E-state index in [9.17, 15) is 32.7 Å². The number of fused-ring (bicyclic) bond motifs is 4. The topological polar surface area (TPSA) is 95.9 Å². The van der Waals surface area contributed by atoms with E-state index in [0.717, 1.165) is 27.2 Å².